The van der Waals surface area contributed by atoms with Crippen molar-refractivity contribution in [3.8, 4) is 0 Å². The number of hydrogen-bond acceptors (Lipinski definition) is 4. The fourth-order valence-corrected chi connectivity index (χ4v) is 1.31. The molecule has 0 saturated heterocycles. The smallest absolute Gasteiger partial charge is 0.126 e. The third-order valence-electron chi connectivity index (χ3n) is 2.23. The van der Waals surface area contributed by atoms with E-state index in [9.17, 15) is 0 Å². The van der Waals surface area contributed by atoms with Gasteiger partial charge in [0.05, 0.1) is 11.9 Å². The monoisotopic (exact) mass is 214 g/mol. The van der Waals surface area contributed by atoms with Gasteiger partial charge in [-0.05, 0) is 30.7 Å². The van der Waals surface area contributed by atoms with Gasteiger partial charge in [-0.3, -0.25) is 4.98 Å². The molecule has 0 fully saturated rings. The van der Waals surface area contributed by atoms with Crippen LogP contribution >= 0.6 is 0 Å². The van der Waals surface area contributed by atoms with Crippen molar-refractivity contribution in [2.24, 2.45) is 0 Å². The van der Waals surface area contributed by atoms with Crippen LogP contribution in [-0.4, -0.2) is 9.97 Å². The van der Waals surface area contributed by atoms with E-state index >= 15 is 0 Å². The first-order valence-electron chi connectivity index (χ1n) is 5.11. The molecule has 0 aromatic carbocycles. The summed E-state index contributed by atoms with van der Waals surface area (Å²) in [5.41, 5.74) is 8.37. The van der Waals surface area contributed by atoms with Crippen molar-refractivity contribution in [2.45, 2.75) is 13.5 Å². The molecule has 0 bridgehead atoms. The molecule has 82 valence electrons. The third kappa shape index (κ3) is 2.70. The molecule has 0 aliphatic carbocycles. The Labute approximate surface area is 94.5 Å². The van der Waals surface area contributed by atoms with E-state index in [1.807, 2.05) is 37.4 Å². The van der Waals surface area contributed by atoms with Crippen LogP contribution in [0.5, 0.6) is 0 Å². The van der Waals surface area contributed by atoms with E-state index in [1.165, 1.54) is 0 Å². The summed E-state index contributed by atoms with van der Waals surface area (Å²) < 4.78 is 0. The number of nitrogens with two attached hydrogens (primary N) is 1. The van der Waals surface area contributed by atoms with Crippen LogP contribution in [0.2, 0.25) is 0 Å². The van der Waals surface area contributed by atoms with Gasteiger partial charge in [-0.1, -0.05) is 6.07 Å². The number of pyridine rings is 2. The summed E-state index contributed by atoms with van der Waals surface area (Å²) in [4.78, 5) is 8.38. The molecule has 0 aliphatic rings. The van der Waals surface area contributed by atoms with Gasteiger partial charge in [0.1, 0.15) is 5.82 Å². The maximum Gasteiger partial charge on any atom is 0.126 e. The number of rotatable bonds is 3. The zero-order chi connectivity index (χ0) is 11.4. The van der Waals surface area contributed by atoms with E-state index in [0.717, 1.165) is 17.1 Å². The molecule has 0 atom stereocenters. The van der Waals surface area contributed by atoms with E-state index in [4.69, 9.17) is 5.73 Å². The molecule has 2 aromatic heterocycles. The number of nitrogens with zero attached hydrogens (tertiary/aromatic N) is 2. The average Bonchev–Trinajstić information content (AvgIpc) is 2.30. The topological polar surface area (TPSA) is 63.8 Å². The highest BCUT2D eigenvalue weighted by molar-refractivity contribution is 5.43. The van der Waals surface area contributed by atoms with Crippen molar-refractivity contribution in [1.29, 1.82) is 0 Å². The minimum absolute atomic E-state index is 0.669. The van der Waals surface area contributed by atoms with Gasteiger partial charge in [0.2, 0.25) is 0 Å². The minimum Gasteiger partial charge on any atom is -0.397 e. The maximum atomic E-state index is 5.55. The Morgan fingerprint density at radius 2 is 2.00 bits per heavy atom. The summed E-state index contributed by atoms with van der Waals surface area (Å²) in [6, 6.07) is 7.72. The zero-order valence-electron chi connectivity index (χ0n) is 9.14. The summed E-state index contributed by atoms with van der Waals surface area (Å²) in [5, 5.41) is 3.20. The van der Waals surface area contributed by atoms with Crippen LogP contribution in [0.1, 0.15) is 11.3 Å². The molecule has 0 radical (unpaired) electrons. The highest BCUT2D eigenvalue weighted by Gasteiger charge is 1.95. The van der Waals surface area contributed by atoms with E-state index in [1.54, 1.807) is 6.20 Å². The number of anilines is 2. The number of nitrogen functional groups attached to an aromatic ring is 1. The predicted octanol–water partition coefficient (Wildman–Crippen LogP) is 1.98. The average molecular weight is 214 g/mol. The minimum atomic E-state index is 0.669. The molecule has 0 saturated carbocycles. The second-order valence-corrected chi connectivity index (χ2v) is 3.64. The fourth-order valence-electron chi connectivity index (χ4n) is 1.31. The molecule has 0 spiro atoms. The second kappa shape index (κ2) is 4.61. The Kier molecular flexibility index (Phi) is 3.00. The number of hydrogen-bond donors (Lipinski definition) is 2. The van der Waals surface area contributed by atoms with Crippen LogP contribution in [0.3, 0.4) is 0 Å². The molecule has 0 amide bonds. The summed E-state index contributed by atoms with van der Waals surface area (Å²) in [7, 11) is 0. The van der Waals surface area contributed by atoms with Gasteiger partial charge in [-0.25, -0.2) is 4.98 Å². The van der Waals surface area contributed by atoms with Crippen molar-refractivity contribution in [3.05, 3.63) is 47.9 Å². The quantitative estimate of drug-likeness (QED) is 0.820. The molecule has 3 N–H and O–H groups in total. The summed E-state index contributed by atoms with van der Waals surface area (Å²) in [6.07, 6.45) is 3.50. The lowest BCUT2D eigenvalue weighted by molar-refractivity contribution is 1.07. The van der Waals surface area contributed by atoms with Gasteiger partial charge in [-0.15, -0.1) is 0 Å². The lowest BCUT2D eigenvalue weighted by Crippen LogP contribution is -2.02. The Bertz CT molecular complexity index is 402. The van der Waals surface area contributed by atoms with E-state index in [-0.39, 0.29) is 0 Å². The molecule has 0 aliphatic heterocycles. The first-order valence-corrected chi connectivity index (χ1v) is 5.11. The Morgan fingerprint density at radius 1 is 1.12 bits per heavy atom. The Balaban J connectivity index is 1.97. The lowest BCUT2D eigenvalue weighted by atomic mass is 10.2. The standard InChI is InChI=1S/C12H14N4/c1-9-2-3-10(6-14-9)7-15-12-5-4-11(13)8-16-12/h2-6,8H,7,13H2,1H3,(H,15,16). The third-order valence-corrected chi connectivity index (χ3v) is 2.23. The largest absolute Gasteiger partial charge is 0.397 e. The summed E-state index contributed by atoms with van der Waals surface area (Å²) in [5.74, 6) is 0.815. The number of aromatic nitrogens is 2. The van der Waals surface area contributed by atoms with Crippen LogP contribution in [0.15, 0.2) is 36.7 Å². The van der Waals surface area contributed by atoms with Crippen LogP contribution < -0.4 is 11.1 Å². The van der Waals surface area contributed by atoms with Gasteiger partial charge in [0.15, 0.2) is 0 Å². The second-order valence-electron chi connectivity index (χ2n) is 3.64. The van der Waals surface area contributed by atoms with Gasteiger partial charge in [0.25, 0.3) is 0 Å². The van der Waals surface area contributed by atoms with Gasteiger partial charge in [0, 0.05) is 18.4 Å². The van der Waals surface area contributed by atoms with Crippen molar-refractivity contribution < 1.29 is 0 Å². The normalized spacial score (nSPS) is 10.1. The van der Waals surface area contributed by atoms with E-state index in [0.29, 0.717) is 12.2 Å². The first-order chi connectivity index (χ1) is 7.74. The SMILES string of the molecule is Cc1ccc(CNc2ccc(N)cn2)cn1. The van der Waals surface area contributed by atoms with Crippen molar-refractivity contribution >= 4 is 11.5 Å². The van der Waals surface area contributed by atoms with Gasteiger partial charge in [-0.2, -0.15) is 0 Å². The number of aryl methyl sites for hydroxylation is 1. The van der Waals surface area contributed by atoms with Crippen LogP contribution in [0.25, 0.3) is 0 Å². The van der Waals surface area contributed by atoms with E-state index < -0.39 is 0 Å². The highest BCUT2D eigenvalue weighted by atomic mass is 15.0. The molecule has 0 unspecified atom stereocenters. The molecular formula is C12H14N4. The Hall–Kier alpha value is -2.10. The van der Waals surface area contributed by atoms with Crippen molar-refractivity contribution in [2.75, 3.05) is 11.1 Å². The van der Waals surface area contributed by atoms with Crippen molar-refractivity contribution in [1.82, 2.24) is 9.97 Å². The van der Waals surface area contributed by atoms with Crippen LogP contribution in [0.4, 0.5) is 11.5 Å². The molecule has 2 aromatic rings. The highest BCUT2D eigenvalue weighted by Crippen LogP contribution is 2.08. The van der Waals surface area contributed by atoms with Gasteiger partial charge < -0.3 is 11.1 Å². The molecule has 4 nitrogen and oxygen atoms in total. The van der Waals surface area contributed by atoms with Crippen LogP contribution in [0, 0.1) is 6.92 Å². The Morgan fingerprint density at radius 3 is 2.62 bits per heavy atom. The lowest BCUT2D eigenvalue weighted by Gasteiger charge is -2.05. The molecular weight excluding hydrogens is 200 g/mol. The summed E-state index contributed by atoms with van der Waals surface area (Å²) in [6.45, 7) is 2.68. The van der Waals surface area contributed by atoms with Gasteiger partial charge >= 0.3 is 0 Å². The van der Waals surface area contributed by atoms with Crippen molar-refractivity contribution in [3.63, 3.8) is 0 Å². The van der Waals surface area contributed by atoms with Crippen LogP contribution in [-0.2, 0) is 6.54 Å². The maximum absolute atomic E-state index is 5.55. The number of nitrogens with one attached hydrogen (secondary N) is 1. The molecule has 16 heavy (non-hydrogen) atoms. The molecule has 2 heterocycles. The first kappa shape index (κ1) is 10.4. The molecule has 4 heteroatoms. The summed E-state index contributed by atoms with van der Waals surface area (Å²) >= 11 is 0. The predicted molar refractivity (Wildman–Crippen MR) is 65.0 cm³/mol. The fraction of sp³-hybridized carbons (Fsp3) is 0.167. The zero-order valence-corrected chi connectivity index (χ0v) is 9.14. The molecule has 2 rings (SSSR count). The van der Waals surface area contributed by atoms with E-state index in [2.05, 4.69) is 15.3 Å².